The average molecular weight is 329 g/mol. The lowest BCUT2D eigenvalue weighted by molar-refractivity contribution is -0.168. The Balaban J connectivity index is 3.08. The van der Waals surface area contributed by atoms with Gasteiger partial charge in [0.1, 0.15) is 5.60 Å². The van der Waals surface area contributed by atoms with Crippen molar-refractivity contribution in [3.05, 3.63) is 0 Å². The fourth-order valence-corrected chi connectivity index (χ4v) is 18.1. The molecule has 0 atom stereocenters. The van der Waals surface area contributed by atoms with E-state index in [0.29, 0.717) is 0 Å². The largest absolute Gasteiger partial charge is 0.459 e. The first-order chi connectivity index (χ1) is 9.32. The molecule has 0 aromatic rings. The van der Waals surface area contributed by atoms with Crippen molar-refractivity contribution in [3.8, 4) is 0 Å². The maximum Gasteiger partial charge on any atom is 0.312 e. The van der Waals surface area contributed by atoms with Gasteiger partial charge in [-0.15, -0.1) is 0 Å². The summed E-state index contributed by atoms with van der Waals surface area (Å²) in [5, 5.41) is 0.891. The van der Waals surface area contributed by atoms with Crippen molar-refractivity contribution in [2.24, 2.45) is 5.41 Å². The first kappa shape index (κ1) is 19.0. The number of esters is 1. The molecule has 1 aliphatic rings. The summed E-state index contributed by atoms with van der Waals surface area (Å²) in [5.74, 6) is 0.0102. The van der Waals surface area contributed by atoms with E-state index in [9.17, 15) is 4.79 Å². The van der Waals surface area contributed by atoms with Gasteiger partial charge in [-0.3, -0.25) is 4.79 Å². The number of carbonyl (C=O) groups is 1. The Labute approximate surface area is 134 Å². The Bertz CT molecular complexity index is 382. The summed E-state index contributed by atoms with van der Waals surface area (Å²) < 4.78 is 6.23. The fraction of sp³-hybridized carbons (Fsp3) is 0.941. The van der Waals surface area contributed by atoms with Crippen molar-refractivity contribution in [3.63, 3.8) is 0 Å². The minimum atomic E-state index is -1.34. The molecule has 0 aliphatic carbocycles. The van der Waals surface area contributed by atoms with Crippen molar-refractivity contribution in [1.82, 2.24) is 0 Å². The van der Waals surface area contributed by atoms with E-state index in [0.717, 1.165) is 30.1 Å². The molecule has 1 saturated heterocycles. The predicted octanol–water partition coefficient (Wildman–Crippen LogP) is 5.47. The van der Waals surface area contributed by atoms with Crippen molar-refractivity contribution < 1.29 is 9.53 Å². The van der Waals surface area contributed by atoms with Gasteiger partial charge in [0, 0.05) is 0 Å². The Morgan fingerprint density at radius 2 is 1.57 bits per heavy atom. The van der Waals surface area contributed by atoms with Gasteiger partial charge >= 0.3 is 5.97 Å². The topological polar surface area (TPSA) is 26.3 Å². The van der Waals surface area contributed by atoms with E-state index < -0.39 is 16.1 Å². The molecule has 1 fully saturated rings. The minimum Gasteiger partial charge on any atom is -0.459 e. The number of ether oxygens (including phenoxy) is 1. The van der Waals surface area contributed by atoms with E-state index in [-0.39, 0.29) is 17.0 Å². The van der Waals surface area contributed by atoms with Crippen LogP contribution in [0.15, 0.2) is 0 Å². The molecule has 4 heteroatoms. The summed E-state index contributed by atoms with van der Waals surface area (Å²) in [6.45, 7) is 20.7. The van der Waals surface area contributed by atoms with Crippen molar-refractivity contribution in [2.75, 3.05) is 0 Å². The molecule has 1 rings (SSSR count). The summed E-state index contributed by atoms with van der Waals surface area (Å²) in [5.41, 5.74) is -0.538. The van der Waals surface area contributed by atoms with Gasteiger partial charge in [0.2, 0.25) is 0 Å². The molecule has 2 nitrogen and oxygen atoms in total. The van der Waals surface area contributed by atoms with E-state index >= 15 is 0 Å². The summed E-state index contributed by atoms with van der Waals surface area (Å²) in [6.07, 6.45) is 1.81. The average Bonchev–Trinajstić information content (AvgIpc) is 2.35. The smallest absolute Gasteiger partial charge is 0.312 e. The molecule has 21 heavy (non-hydrogen) atoms. The zero-order chi connectivity index (χ0) is 16.7. The summed E-state index contributed by atoms with van der Waals surface area (Å²) in [6, 6.07) is 2.28. The molecule has 0 spiro atoms. The first-order valence-corrected chi connectivity index (χ1v) is 15.1. The number of rotatable bonds is 4. The summed E-state index contributed by atoms with van der Waals surface area (Å²) >= 11 is 0. The molecule has 0 N–H and O–H groups in total. The molecule has 1 heterocycles. The van der Waals surface area contributed by atoms with E-state index in [4.69, 9.17) is 4.74 Å². The maximum atomic E-state index is 12.6. The minimum absolute atomic E-state index is 0.0102. The number of hydrogen-bond donors (Lipinski definition) is 0. The van der Waals surface area contributed by atoms with Crippen LogP contribution < -0.4 is 0 Å². The molecule has 0 radical (unpaired) electrons. The fourth-order valence-electron chi connectivity index (χ4n) is 3.96. The SMILES string of the molecule is CCC1(OC(=O)C(C)(C)CC)C[Si](C)(C)C(C)[Si](C)(C)C1. The van der Waals surface area contributed by atoms with Crippen molar-refractivity contribution >= 4 is 22.1 Å². The Kier molecular flexibility index (Phi) is 5.27. The molecule has 0 saturated carbocycles. The van der Waals surface area contributed by atoms with Crippen LogP contribution in [0.3, 0.4) is 0 Å². The lowest BCUT2D eigenvalue weighted by Gasteiger charge is -2.54. The van der Waals surface area contributed by atoms with Crippen LogP contribution in [0.25, 0.3) is 0 Å². The van der Waals surface area contributed by atoms with E-state index in [1.807, 2.05) is 13.8 Å². The number of carbonyl (C=O) groups excluding carboxylic acids is 1. The maximum absolute atomic E-state index is 12.6. The Morgan fingerprint density at radius 1 is 1.14 bits per heavy atom. The van der Waals surface area contributed by atoms with Gasteiger partial charge in [0.15, 0.2) is 0 Å². The first-order valence-electron chi connectivity index (χ1n) is 8.55. The van der Waals surface area contributed by atoms with Crippen LogP contribution in [0.1, 0.15) is 47.5 Å². The standard InChI is InChI=1S/C17H36O2Si2/c1-10-16(4,5)15(18)19-17(11-2)12-20(6,7)14(3)21(8,9)13-17/h14H,10-13H2,1-9H3. The van der Waals surface area contributed by atoms with E-state index in [2.05, 4.69) is 47.0 Å². The van der Waals surface area contributed by atoms with Crippen LogP contribution in [0, 0.1) is 5.41 Å². The van der Waals surface area contributed by atoms with Crippen LogP contribution >= 0.6 is 0 Å². The third kappa shape index (κ3) is 3.81. The molecule has 124 valence electrons. The third-order valence-electron chi connectivity index (χ3n) is 6.29. The van der Waals surface area contributed by atoms with Gasteiger partial charge in [-0.05, 0) is 38.8 Å². The molecular formula is C17H36O2Si2. The zero-order valence-corrected chi connectivity index (χ0v) is 17.7. The third-order valence-corrected chi connectivity index (χ3v) is 18.8. The molecule has 0 unspecified atom stereocenters. The van der Waals surface area contributed by atoms with Crippen LogP contribution in [0.4, 0.5) is 0 Å². The lowest BCUT2D eigenvalue weighted by atomic mass is 9.90. The van der Waals surface area contributed by atoms with Crippen molar-refractivity contribution in [2.45, 2.75) is 96.5 Å². The highest BCUT2D eigenvalue weighted by atomic mass is 28.4. The highest BCUT2D eigenvalue weighted by Crippen LogP contribution is 2.51. The summed E-state index contributed by atoms with van der Waals surface area (Å²) in [4.78, 5) is 12.6. The van der Waals surface area contributed by atoms with Crippen LogP contribution in [0.2, 0.25) is 43.4 Å². The second kappa shape index (κ2) is 5.84. The second-order valence-corrected chi connectivity index (χ2v) is 20.2. The van der Waals surface area contributed by atoms with Gasteiger partial charge in [-0.2, -0.15) is 0 Å². The Morgan fingerprint density at radius 3 is 1.90 bits per heavy atom. The molecule has 1 aliphatic heterocycles. The molecule has 0 aromatic heterocycles. The van der Waals surface area contributed by atoms with Gasteiger partial charge in [0.25, 0.3) is 0 Å². The van der Waals surface area contributed by atoms with Gasteiger partial charge in [-0.25, -0.2) is 0 Å². The normalized spacial score (nSPS) is 31.8. The van der Waals surface area contributed by atoms with Gasteiger partial charge in [0.05, 0.1) is 21.6 Å². The van der Waals surface area contributed by atoms with E-state index in [1.165, 1.54) is 0 Å². The Hall–Kier alpha value is -0.0962. The molecule has 0 bridgehead atoms. The van der Waals surface area contributed by atoms with Gasteiger partial charge in [-0.1, -0.05) is 52.1 Å². The van der Waals surface area contributed by atoms with E-state index in [1.54, 1.807) is 0 Å². The highest BCUT2D eigenvalue weighted by molar-refractivity contribution is 6.98. The predicted molar refractivity (Wildman–Crippen MR) is 97.2 cm³/mol. The second-order valence-electron chi connectivity index (χ2n) is 9.22. The molecule has 0 aromatic carbocycles. The van der Waals surface area contributed by atoms with Crippen LogP contribution in [0.5, 0.6) is 0 Å². The van der Waals surface area contributed by atoms with Crippen molar-refractivity contribution in [1.29, 1.82) is 0 Å². The zero-order valence-electron chi connectivity index (χ0n) is 15.7. The van der Waals surface area contributed by atoms with Crippen LogP contribution in [-0.2, 0) is 9.53 Å². The summed E-state index contributed by atoms with van der Waals surface area (Å²) in [7, 11) is -2.67. The molecular weight excluding hydrogens is 292 g/mol. The lowest BCUT2D eigenvalue weighted by Crippen LogP contribution is -2.60. The van der Waals surface area contributed by atoms with Crippen LogP contribution in [-0.4, -0.2) is 27.7 Å². The van der Waals surface area contributed by atoms with Gasteiger partial charge < -0.3 is 4.74 Å². The monoisotopic (exact) mass is 328 g/mol. The quantitative estimate of drug-likeness (QED) is 0.505. The molecule has 0 amide bonds. The highest BCUT2D eigenvalue weighted by Gasteiger charge is 2.55. The number of hydrogen-bond acceptors (Lipinski definition) is 2.